The summed E-state index contributed by atoms with van der Waals surface area (Å²) in [5.74, 6) is -0.0779. The van der Waals surface area contributed by atoms with Crippen LogP contribution in [0.15, 0.2) is 47.8 Å². The first-order valence-corrected chi connectivity index (χ1v) is 5.33. The van der Waals surface area contributed by atoms with E-state index >= 15 is 0 Å². The Morgan fingerprint density at radius 2 is 2.05 bits per heavy atom. The number of hydrogen-bond donors (Lipinski definition) is 2. The van der Waals surface area contributed by atoms with Crippen molar-refractivity contribution in [3.8, 4) is 5.75 Å². The molecule has 0 fully saturated rings. The number of nitro benzene ring substituents is 1. The minimum atomic E-state index is -0.535. The van der Waals surface area contributed by atoms with E-state index in [1.54, 1.807) is 24.5 Å². The van der Waals surface area contributed by atoms with Gasteiger partial charge in [-0.25, -0.2) is 0 Å². The average Bonchev–Trinajstić information content (AvgIpc) is 2.42. The Kier molecular flexibility index (Phi) is 3.67. The van der Waals surface area contributed by atoms with Gasteiger partial charge >= 0.3 is 0 Å². The molecule has 1 heterocycles. The molecule has 19 heavy (non-hydrogen) atoms. The average molecular weight is 258 g/mol. The Morgan fingerprint density at radius 3 is 2.74 bits per heavy atom. The summed E-state index contributed by atoms with van der Waals surface area (Å²) in [6.07, 6.45) is 4.51. The Hall–Kier alpha value is -2.96. The topological polar surface area (TPSA) is 101 Å². The molecule has 7 heteroatoms. The first kappa shape index (κ1) is 12.5. The first-order chi connectivity index (χ1) is 9.16. The van der Waals surface area contributed by atoms with Gasteiger partial charge in [0.25, 0.3) is 5.69 Å². The third-order valence-electron chi connectivity index (χ3n) is 2.30. The van der Waals surface area contributed by atoms with Gasteiger partial charge in [0.15, 0.2) is 0 Å². The van der Waals surface area contributed by atoms with E-state index in [0.29, 0.717) is 0 Å². The standard InChI is InChI=1S/C12H10N4O3/c17-12-2-1-11(16(18)19)7-9(12)8-14-15-10-3-5-13-6-4-10/h1-8,17H,(H,13,15). The smallest absolute Gasteiger partial charge is 0.270 e. The van der Waals surface area contributed by atoms with Crippen molar-refractivity contribution >= 4 is 17.6 Å². The SMILES string of the molecule is O=[N+]([O-])c1ccc(O)c(C=NNc2ccncc2)c1. The predicted octanol–water partition coefficient (Wildman–Crippen LogP) is 2.14. The lowest BCUT2D eigenvalue weighted by Gasteiger charge is -2.00. The molecular weight excluding hydrogens is 248 g/mol. The molecule has 0 atom stereocenters. The number of phenolic OH excluding ortho intramolecular Hbond substituents is 1. The third-order valence-corrected chi connectivity index (χ3v) is 2.30. The zero-order valence-corrected chi connectivity index (χ0v) is 9.72. The highest BCUT2D eigenvalue weighted by Gasteiger charge is 2.08. The number of non-ortho nitro benzene ring substituents is 1. The number of benzene rings is 1. The minimum absolute atomic E-state index is 0.0779. The molecule has 0 bridgehead atoms. The fourth-order valence-corrected chi connectivity index (χ4v) is 1.36. The van der Waals surface area contributed by atoms with Crippen molar-refractivity contribution in [1.82, 2.24) is 4.98 Å². The number of nitrogens with zero attached hydrogens (tertiary/aromatic N) is 3. The molecule has 0 saturated heterocycles. The van der Waals surface area contributed by atoms with Crippen LogP contribution >= 0.6 is 0 Å². The number of nitro groups is 1. The molecule has 0 aliphatic rings. The van der Waals surface area contributed by atoms with Gasteiger partial charge in [0.1, 0.15) is 5.75 Å². The van der Waals surface area contributed by atoms with Gasteiger partial charge in [0.05, 0.1) is 16.8 Å². The molecule has 96 valence electrons. The summed E-state index contributed by atoms with van der Waals surface area (Å²) in [5.41, 5.74) is 3.59. The van der Waals surface area contributed by atoms with Crippen molar-refractivity contribution in [1.29, 1.82) is 0 Å². The molecule has 7 nitrogen and oxygen atoms in total. The van der Waals surface area contributed by atoms with Crippen LogP contribution in [0, 0.1) is 10.1 Å². The van der Waals surface area contributed by atoms with Crippen LogP contribution in [0.2, 0.25) is 0 Å². The summed E-state index contributed by atoms with van der Waals surface area (Å²) in [6.45, 7) is 0. The molecule has 1 aromatic heterocycles. The van der Waals surface area contributed by atoms with E-state index in [9.17, 15) is 15.2 Å². The number of nitrogens with one attached hydrogen (secondary N) is 1. The second-order valence-corrected chi connectivity index (χ2v) is 3.61. The maximum absolute atomic E-state index is 10.6. The number of hydrazone groups is 1. The molecule has 0 spiro atoms. The molecule has 0 amide bonds. The second kappa shape index (κ2) is 5.58. The van der Waals surface area contributed by atoms with Gasteiger partial charge in [0.2, 0.25) is 0 Å². The van der Waals surface area contributed by atoms with E-state index < -0.39 is 4.92 Å². The molecule has 1 aromatic carbocycles. The Balaban J connectivity index is 2.14. The van der Waals surface area contributed by atoms with Gasteiger partial charge in [-0.15, -0.1) is 0 Å². The highest BCUT2D eigenvalue weighted by atomic mass is 16.6. The lowest BCUT2D eigenvalue weighted by atomic mass is 10.2. The number of phenols is 1. The summed E-state index contributed by atoms with van der Waals surface area (Å²) in [4.78, 5) is 13.9. The van der Waals surface area contributed by atoms with Crippen LogP contribution in [0.3, 0.4) is 0 Å². The van der Waals surface area contributed by atoms with Crippen molar-refractivity contribution < 1.29 is 10.0 Å². The van der Waals surface area contributed by atoms with E-state index in [-0.39, 0.29) is 17.0 Å². The minimum Gasteiger partial charge on any atom is -0.507 e. The van der Waals surface area contributed by atoms with Crippen LogP contribution in [-0.4, -0.2) is 21.2 Å². The lowest BCUT2D eigenvalue weighted by Crippen LogP contribution is -1.93. The Labute approximate surface area is 108 Å². The number of pyridine rings is 1. The molecule has 2 rings (SSSR count). The van der Waals surface area contributed by atoms with Crippen LogP contribution in [0.1, 0.15) is 5.56 Å². The predicted molar refractivity (Wildman–Crippen MR) is 70.2 cm³/mol. The van der Waals surface area contributed by atoms with Crippen LogP contribution in [0.4, 0.5) is 11.4 Å². The van der Waals surface area contributed by atoms with Gasteiger partial charge in [-0.1, -0.05) is 0 Å². The number of aromatic nitrogens is 1. The molecule has 2 N–H and O–H groups in total. The number of anilines is 1. The van der Waals surface area contributed by atoms with E-state index in [0.717, 1.165) is 5.69 Å². The maximum Gasteiger partial charge on any atom is 0.270 e. The number of rotatable bonds is 4. The quantitative estimate of drug-likeness (QED) is 0.497. The Morgan fingerprint density at radius 1 is 1.32 bits per heavy atom. The van der Waals surface area contributed by atoms with E-state index in [1.807, 2.05) is 0 Å². The first-order valence-electron chi connectivity index (χ1n) is 5.33. The molecule has 0 saturated carbocycles. The summed E-state index contributed by atoms with van der Waals surface area (Å²) in [7, 11) is 0. The second-order valence-electron chi connectivity index (χ2n) is 3.61. The fourth-order valence-electron chi connectivity index (χ4n) is 1.36. The largest absolute Gasteiger partial charge is 0.507 e. The lowest BCUT2D eigenvalue weighted by molar-refractivity contribution is -0.384. The number of aromatic hydroxyl groups is 1. The third kappa shape index (κ3) is 3.25. The molecule has 0 aliphatic carbocycles. The normalized spacial score (nSPS) is 10.5. The molecule has 0 unspecified atom stereocenters. The van der Waals surface area contributed by atoms with Crippen molar-refractivity contribution in [2.75, 3.05) is 5.43 Å². The van der Waals surface area contributed by atoms with Crippen molar-refractivity contribution in [3.63, 3.8) is 0 Å². The van der Waals surface area contributed by atoms with E-state index in [1.165, 1.54) is 24.4 Å². The fraction of sp³-hybridized carbons (Fsp3) is 0. The van der Waals surface area contributed by atoms with Crippen molar-refractivity contribution in [2.45, 2.75) is 0 Å². The van der Waals surface area contributed by atoms with Crippen LogP contribution in [0.5, 0.6) is 5.75 Å². The summed E-state index contributed by atoms with van der Waals surface area (Å²) >= 11 is 0. The maximum atomic E-state index is 10.6. The Bertz CT molecular complexity index is 614. The zero-order valence-electron chi connectivity index (χ0n) is 9.72. The highest BCUT2D eigenvalue weighted by Crippen LogP contribution is 2.21. The van der Waals surface area contributed by atoms with Crippen molar-refractivity contribution in [3.05, 3.63) is 58.4 Å². The van der Waals surface area contributed by atoms with Gasteiger partial charge in [0, 0.05) is 30.1 Å². The monoisotopic (exact) mass is 258 g/mol. The van der Waals surface area contributed by atoms with Gasteiger partial charge in [-0.05, 0) is 18.2 Å². The van der Waals surface area contributed by atoms with Crippen molar-refractivity contribution in [2.24, 2.45) is 5.10 Å². The van der Waals surface area contributed by atoms with Crippen LogP contribution in [0.25, 0.3) is 0 Å². The molecule has 0 radical (unpaired) electrons. The highest BCUT2D eigenvalue weighted by molar-refractivity contribution is 5.84. The summed E-state index contributed by atoms with van der Waals surface area (Å²) in [5, 5.41) is 24.1. The summed E-state index contributed by atoms with van der Waals surface area (Å²) in [6, 6.07) is 7.15. The number of hydrogen-bond acceptors (Lipinski definition) is 6. The van der Waals surface area contributed by atoms with Gasteiger partial charge in [-0.3, -0.25) is 20.5 Å². The molecular formula is C12H10N4O3. The van der Waals surface area contributed by atoms with Gasteiger partial charge in [-0.2, -0.15) is 5.10 Å². The molecule has 0 aliphatic heterocycles. The van der Waals surface area contributed by atoms with Crippen LogP contribution < -0.4 is 5.43 Å². The van der Waals surface area contributed by atoms with E-state index in [4.69, 9.17) is 0 Å². The molecule has 2 aromatic rings. The van der Waals surface area contributed by atoms with Gasteiger partial charge < -0.3 is 5.11 Å². The van der Waals surface area contributed by atoms with E-state index in [2.05, 4.69) is 15.5 Å². The van der Waals surface area contributed by atoms with Crippen LogP contribution in [-0.2, 0) is 0 Å². The summed E-state index contributed by atoms with van der Waals surface area (Å²) < 4.78 is 0. The zero-order chi connectivity index (χ0) is 13.7.